The highest BCUT2D eigenvalue weighted by Crippen LogP contribution is 2.06. The molecule has 0 aromatic heterocycles. The molecule has 0 heterocycles. The minimum absolute atomic E-state index is 0.259. The Morgan fingerprint density at radius 1 is 1.24 bits per heavy atom. The number of hydrogen-bond donors (Lipinski definition) is 1. The van der Waals surface area contributed by atoms with E-state index in [4.69, 9.17) is 5.53 Å². The largest absolute Gasteiger partial charge is 0.240 e. The van der Waals surface area contributed by atoms with E-state index in [1.807, 2.05) is 0 Å². The van der Waals surface area contributed by atoms with Gasteiger partial charge in [0.1, 0.15) is 0 Å². The van der Waals surface area contributed by atoms with E-state index in [0.29, 0.717) is 25.9 Å². The van der Waals surface area contributed by atoms with Crippen LogP contribution in [0.5, 0.6) is 0 Å². The number of sulfonamides is 1. The molecule has 6 nitrogen and oxygen atoms in total. The Morgan fingerprint density at radius 2 is 1.94 bits per heavy atom. The molecule has 0 aliphatic rings. The lowest BCUT2D eigenvalue weighted by molar-refractivity contribution is 0.577. The number of rotatable bonds is 7. The first-order valence-corrected chi connectivity index (χ1v) is 6.71. The van der Waals surface area contributed by atoms with Crippen molar-refractivity contribution in [2.45, 2.75) is 17.7 Å². The molecule has 0 saturated carbocycles. The van der Waals surface area contributed by atoms with E-state index in [1.54, 1.807) is 30.3 Å². The molecule has 0 amide bonds. The molecule has 7 heteroatoms. The van der Waals surface area contributed by atoms with Gasteiger partial charge in [-0.15, -0.1) is 0 Å². The molecule has 17 heavy (non-hydrogen) atoms. The summed E-state index contributed by atoms with van der Waals surface area (Å²) >= 11 is 0. The fraction of sp³-hybridized carbons (Fsp3) is 0.400. The zero-order valence-corrected chi connectivity index (χ0v) is 10.1. The van der Waals surface area contributed by atoms with Gasteiger partial charge in [-0.2, -0.15) is 0 Å². The lowest BCUT2D eigenvalue weighted by Crippen LogP contribution is -2.24. The number of unbranched alkanes of at least 4 members (excludes halogenated alkanes) is 1. The molecule has 0 radical (unpaired) electrons. The van der Waals surface area contributed by atoms with Gasteiger partial charge in [0.05, 0.1) is 4.90 Å². The molecule has 0 saturated heterocycles. The summed E-state index contributed by atoms with van der Waals surface area (Å²) in [6.07, 6.45) is 1.31. The summed E-state index contributed by atoms with van der Waals surface area (Å²) in [5.41, 5.74) is 8.05. The summed E-state index contributed by atoms with van der Waals surface area (Å²) in [4.78, 5) is 2.88. The molecule has 0 unspecified atom stereocenters. The predicted molar refractivity (Wildman–Crippen MR) is 64.9 cm³/mol. The van der Waals surface area contributed by atoms with Gasteiger partial charge in [0.2, 0.25) is 10.0 Å². The number of nitrogens with zero attached hydrogens (tertiary/aromatic N) is 3. The van der Waals surface area contributed by atoms with E-state index < -0.39 is 10.0 Å². The third kappa shape index (κ3) is 4.86. The molecule has 1 N–H and O–H groups in total. The Morgan fingerprint density at radius 3 is 2.59 bits per heavy atom. The summed E-state index contributed by atoms with van der Waals surface area (Å²) in [5, 5.41) is 3.37. The highest BCUT2D eigenvalue weighted by Gasteiger charge is 2.11. The van der Waals surface area contributed by atoms with Crippen molar-refractivity contribution in [3.63, 3.8) is 0 Å². The summed E-state index contributed by atoms with van der Waals surface area (Å²) in [7, 11) is -3.41. The van der Waals surface area contributed by atoms with Crippen molar-refractivity contribution in [2.24, 2.45) is 5.11 Å². The Kier molecular flexibility index (Phi) is 5.48. The van der Waals surface area contributed by atoms with Gasteiger partial charge >= 0.3 is 0 Å². The zero-order valence-electron chi connectivity index (χ0n) is 9.28. The van der Waals surface area contributed by atoms with E-state index in [9.17, 15) is 8.42 Å². The standard InChI is InChI=1S/C10H14N4O2S/c11-14-12-8-4-5-9-13-17(15,16)10-6-2-1-3-7-10/h1-3,6-7,13H,4-5,8-9H2. The Labute approximate surface area is 100 Å². The fourth-order valence-corrected chi connectivity index (χ4v) is 2.34. The van der Waals surface area contributed by atoms with Crippen LogP contribution in [0.3, 0.4) is 0 Å². The van der Waals surface area contributed by atoms with Crippen molar-refractivity contribution in [3.8, 4) is 0 Å². The van der Waals surface area contributed by atoms with Gasteiger partial charge in [0.25, 0.3) is 0 Å². The van der Waals surface area contributed by atoms with Gasteiger partial charge in [0.15, 0.2) is 0 Å². The average molecular weight is 254 g/mol. The molecular weight excluding hydrogens is 240 g/mol. The second kappa shape index (κ2) is 6.90. The Bertz CT molecular complexity index is 480. The van der Waals surface area contributed by atoms with Gasteiger partial charge < -0.3 is 0 Å². The lowest BCUT2D eigenvalue weighted by atomic mass is 10.3. The minimum Gasteiger partial charge on any atom is -0.211 e. The van der Waals surface area contributed by atoms with Crippen LogP contribution < -0.4 is 4.72 Å². The molecule has 1 aromatic carbocycles. The van der Waals surface area contributed by atoms with Gasteiger partial charge in [-0.05, 0) is 30.5 Å². The van der Waals surface area contributed by atoms with Crippen molar-refractivity contribution < 1.29 is 8.42 Å². The number of hydrogen-bond acceptors (Lipinski definition) is 3. The number of benzene rings is 1. The monoisotopic (exact) mass is 254 g/mol. The summed E-state index contributed by atoms with van der Waals surface area (Å²) in [5.74, 6) is 0. The van der Waals surface area contributed by atoms with Gasteiger partial charge in [-0.1, -0.05) is 23.3 Å². The van der Waals surface area contributed by atoms with Gasteiger partial charge in [-0.25, -0.2) is 13.1 Å². The molecule has 92 valence electrons. The van der Waals surface area contributed by atoms with E-state index >= 15 is 0 Å². The Hall–Kier alpha value is -1.56. The van der Waals surface area contributed by atoms with Crippen molar-refractivity contribution in [1.82, 2.24) is 4.72 Å². The third-order valence-corrected chi connectivity index (χ3v) is 3.57. The molecule has 0 atom stereocenters. The van der Waals surface area contributed by atoms with Crippen LogP contribution in [0.25, 0.3) is 10.4 Å². The van der Waals surface area contributed by atoms with E-state index in [-0.39, 0.29) is 4.90 Å². The quantitative estimate of drug-likeness (QED) is 0.349. The first-order chi connectivity index (χ1) is 8.17. The maximum absolute atomic E-state index is 11.7. The minimum atomic E-state index is -3.41. The highest BCUT2D eigenvalue weighted by molar-refractivity contribution is 7.89. The maximum atomic E-state index is 11.7. The normalized spacial score (nSPS) is 10.8. The van der Waals surface area contributed by atoms with Crippen LogP contribution in [0, 0.1) is 0 Å². The SMILES string of the molecule is [N-]=[N+]=NCCCCNS(=O)(=O)c1ccccc1. The second-order valence-corrected chi connectivity index (χ2v) is 5.14. The molecule has 0 spiro atoms. The molecular formula is C10H14N4O2S. The van der Waals surface area contributed by atoms with Crippen molar-refractivity contribution in [1.29, 1.82) is 0 Å². The molecule has 0 aliphatic heterocycles. The molecule has 0 fully saturated rings. The van der Waals surface area contributed by atoms with Crippen molar-refractivity contribution in [3.05, 3.63) is 40.8 Å². The van der Waals surface area contributed by atoms with Crippen LogP contribution in [0.1, 0.15) is 12.8 Å². The smallest absolute Gasteiger partial charge is 0.211 e. The Balaban J connectivity index is 2.38. The van der Waals surface area contributed by atoms with Gasteiger partial charge in [-0.3, -0.25) is 0 Å². The van der Waals surface area contributed by atoms with E-state index in [2.05, 4.69) is 14.7 Å². The van der Waals surface area contributed by atoms with Crippen LogP contribution in [-0.2, 0) is 10.0 Å². The average Bonchev–Trinajstić information content (AvgIpc) is 2.35. The maximum Gasteiger partial charge on any atom is 0.240 e. The fourth-order valence-electron chi connectivity index (χ4n) is 1.24. The highest BCUT2D eigenvalue weighted by atomic mass is 32.2. The van der Waals surface area contributed by atoms with E-state index in [1.165, 1.54) is 0 Å². The van der Waals surface area contributed by atoms with Gasteiger partial charge in [0, 0.05) is 18.0 Å². The number of azide groups is 1. The second-order valence-electron chi connectivity index (χ2n) is 3.37. The first kappa shape index (κ1) is 13.5. The summed E-state index contributed by atoms with van der Waals surface area (Å²) < 4.78 is 25.9. The first-order valence-electron chi connectivity index (χ1n) is 5.22. The predicted octanol–water partition coefficient (Wildman–Crippen LogP) is 2.06. The molecule has 0 aliphatic carbocycles. The number of nitrogens with one attached hydrogen (secondary N) is 1. The van der Waals surface area contributed by atoms with Crippen molar-refractivity contribution in [2.75, 3.05) is 13.1 Å². The van der Waals surface area contributed by atoms with Crippen LogP contribution in [-0.4, -0.2) is 21.5 Å². The lowest BCUT2D eigenvalue weighted by Gasteiger charge is -2.05. The van der Waals surface area contributed by atoms with Crippen LogP contribution in [0.4, 0.5) is 0 Å². The van der Waals surface area contributed by atoms with E-state index in [0.717, 1.165) is 0 Å². The summed E-state index contributed by atoms with van der Waals surface area (Å²) in [6.45, 7) is 0.738. The molecule has 0 bridgehead atoms. The molecule has 1 aromatic rings. The summed E-state index contributed by atoms with van der Waals surface area (Å²) in [6, 6.07) is 8.20. The zero-order chi connectivity index (χ0) is 12.6. The van der Waals surface area contributed by atoms with Crippen molar-refractivity contribution >= 4 is 10.0 Å². The van der Waals surface area contributed by atoms with Crippen LogP contribution in [0.2, 0.25) is 0 Å². The van der Waals surface area contributed by atoms with Crippen LogP contribution in [0.15, 0.2) is 40.3 Å². The third-order valence-electron chi connectivity index (χ3n) is 2.09. The molecule has 1 rings (SSSR count). The topological polar surface area (TPSA) is 94.9 Å². The van der Waals surface area contributed by atoms with Crippen LogP contribution >= 0.6 is 0 Å².